The first-order chi connectivity index (χ1) is 14.2. The Hall–Kier alpha value is -3.02. The number of piperidine rings is 1. The molecule has 0 radical (unpaired) electrons. The van der Waals surface area contributed by atoms with Gasteiger partial charge in [-0.2, -0.15) is 0 Å². The number of anilines is 1. The Kier molecular flexibility index (Phi) is 5.18. The quantitative estimate of drug-likeness (QED) is 0.598. The number of fused-ring (bicyclic) bond motifs is 3. The van der Waals surface area contributed by atoms with E-state index in [4.69, 9.17) is 4.74 Å². The van der Waals surface area contributed by atoms with Gasteiger partial charge in [-0.1, -0.05) is 12.1 Å². The molecule has 1 aliphatic heterocycles. The number of aromatic amines is 1. The van der Waals surface area contributed by atoms with Crippen molar-refractivity contribution in [1.82, 2.24) is 9.88 Å². The molecule has 6 nitrogen and oxygen atoms in total. The molecule has 6 heteroatoms. The molecule has 0 atom stereocenters. The fraction of sp³-hybridized carbons (Fsp3) is 0.417. The van der Waals surface area contributed by atoms with Crippen molar-refractivity contribution in [2.24, 2.45) is 0 Å². The number of rotatable bonds is 2. The number of benzene rings is 2. The van der Waals surface area contributed by atoms with Gasteiger partial charge in [-0.25, -0.2) is 4.79 Å². The lowest BCUT2D eigenvalue weighted by atomic mass is 9.89. The molecule has 0 unspecified atom stereocenters. The van der Waals surface area contributed by atoms with Gasteiger partial charge in [0.05, 0.1) is 0 Å². The minimum atomic E-state index is -0.464. The summed E-state index contributed by atoms with van der Waals surface area (Å²) in [6, 6.07) is 12.5. The molecular weight excluding hydrogens is 378 g/mol. The van der Waals surface area contributed by atoms with E-state index in [1.807, 2.05) is 43.9 Å². The normalized spacial score (nSPS) is 15.5. The molecule has 0 saturated carbocycles. The van der Waals surface area contributed by atoms with E-state index < -0.39 is 5.60 Å². The number of nitrogens with one attached hydrogen (secondary N) is 2. The molecule has 0 spiro atoms. The summed E-state index contributed by atoms with van der Waals surface area (Å²) in [5, 5.41) is 5.16. The van der Waals surface area contributed by atoms with Gasteiger partial charge in [0.2, 0.25) is 5.91 Å². The monoisotopic (exact) mass is 407 g/mol. The van der Waals surface area contributed by atoms with Crippen molar-refractivity contribution in [3.8, 4) is 0 Å². The number of H-pyrrole nitrogens is 1. The van der Waals surface area contributed by atoms with Crippen LogP contribution in [0.3, 0.4) is 0 Å². The van der Waals surface area contributed by atoms with Crippen molar-refractivity contribution in [3.63, 3.8) is 0 Å². The lowest BCUT2D eigenvalue weighted by Gasteiger charge is -2.33. The van der Waals surface area contributed by atoms with Gasteiger partial charge in [0.25, 0.3) is 0 Å². The van der Waals surface area contributed by atoms with E-state index in [1.54, 1.807) is 0 Å². The fourth-order valence-corrected chi connectivity index (χ4v) is 4.18. The zero-order valence-corrected chi connectivity index (χ0v) is 18.0. The Morgan fingerprint density at radius 2 is 1.77 bits per heavy atom. The van der Waals surface area contributed by atoms with Crippen molar-refractivity contribution in [3.05, 3.63) is 42.0 Å². The van der Waals surface area contributed by atoms with Gasteiger partial charge in [-0.3, -0.25) is 4.79 Å². The van der Waals surface area contributed by atoms with Gasteiger partial charge >= 0.3 is 6.09 Å². The second-order valence-electron chi connectivity index (χ2n) is 9.11. The zero-order chi connectivity index (χ0) is 21.5. The number of carbonyl (C=O) groups is 2. The summed E-state index contributed by atoms with van der Waals surface area (Å²) in [5.74, 6) is 0.349. The van der Waals surface area contributed by atoms with Crippen LogP contribution < -0.4 is 5.32 Å². The van der Waals surface area contributed by atoms with Crippen LogP contribution in [0, 0.1) is 0 Å². The van der Waals surface area contributed by atoms with E-state index in [9.17, 15) is 9.59 Å². The van der Waals surface area contributed by atoms with Crippen molar-refractivity contribution in [2.75, 3.05) is 18.4 Å². The summed E-state index contributed by atoms with van der Waals surface area (Å²) in [6.07, 6.45) is 1.64. The van der Waals surface area contributed by atoms with E-state index in [0.717, 1.165) is 34.9 Å². The van der Waals surface area contributed by atoms with Crippen LogP contribution in [0.25, 0.3) is 21.8 Å². The summed E-state index contributed by atoms with van der Waals surface area (Å²) in [4.78, 5) is 28.9. The van der Waals surface area contributed by atoms with Crippen LogP contribution in [0.1, 0.15) is 52.0 Å². The Labute approximate surface area is 176 Å². The first kappa shape index (κ1) is 20.3. The molecule has 2 heterocycles. The minimum Gasteiger partial charge on any atom is -0.444 e. The van der Waals surface area contributed by atoms with E-state index in [-0.39, 0.29) is 12.0 Å². The molecule has 0 bridgehead atoms. The van der Waals surface area contributed by atoms with Crippen LogP contribution in [0.5, 0.6) is 0 Å². The lowest BCUT2D eigenvalue weighted by Crippen LogP contribution is -2.41. The molecular formula is C24H29N3O3. The average Bonchev–Trinajstić information content (AvgIpc) is 3.03. The summed E-state index contributed by atoms with van der Waals surface area (Å²) < 4.78 is 5.50. The van der Waals surface area contributed by atoms with E-state index in [0.29, 0.717) is 19.0 Å². The van der Waals surface area contributed by atoms with Crippen LogP contribution in [0.15, 0.2) is 36.4 Å². The molecule has 0 aliphatic carbocycles. The lowest BCUT2D eigenvalue weighted by molar-refractivity contribution is -0.114. The number of aromatic nitrogens is 1. The van der Waals surface area contributed by atoms with Gasteiger partial charge in [0, 0.05) is 47.5 Å². The van der Waals surface area contributed by atoms with E-state index >= 15 is 0 Å². The Morgan fingerprint density at radius 1 is 1.03 bits per heavy atom. The molecule has 1 saturated heterocycles. The second kappa shape index (κ2) is 7.67. The summed E-state index contributed by atoms with van der Waals surface area (Å²) >= 11 is 0. The van der Waals surface area contributed by atoms with Crippen molar-refractivity contribution < 1.29 is 14.3 Å². The minimum absolute atomic E-state index is 0.0783. The van der Waals surface area contributed by atoms with Gasteiger partial charge in [0.15, 0.2) is 0 Å². The molecule has 2 N–H and O–H groups in total. The van der Waals surface area contributed by atoms with Crippen LogP contribution in [-0.2, 0) is 9.53 Å². The van der Waals surface area contributed by atoms with Crippen molar-refractivity contribution >= 4 is 39.5 Å². The van der Waals surface area contributed by atoms with Crippen molar-refractivity contribution in [1.29, 1.82) is 0 Å². The molecule has 3 aromatic rings. The fourth-order valence-electron chi connectivity index (χ4n) is 4.18. The number of ether oxygens (including phenoxy) is 1. The number of nitrogens with zero attached hydrogens (tertiary/aromatic N) is 1. The van der Waals surface area contributed by atoms with Gasteiger partial charge < -0.3 is 19.9 Å². The van der Waals surface area contributed by atoms with Gasteiger partial charge in [-0.05, 0) is 69.4 Å². The Balaban J connectivity index is 1.52. The SMILES string of the molecule is CC(=O)Nc1ccc2c(c1)[nH]c1ccc(C3CCN(C(=O)OC(C)(C)C)CC3)cc12. The van der Waals surface area contributed by atoms with Crippen molar-refractivity contribution in [2.45, 2.75) is 52.1 Å². The Bertz CT molecular complexity index is 1100. The Morgan fingerprint density at radius 3 is 2.43 bits per heavy atom. The van der Waals surface area contributed by atoms with Crippen LogP contribution in [0.4, 0.5) is 10.5 Å². The third-order valence-electron chi connectivity index (χ3n) is 5.56. The molecule has 158 valence electrons. The summed E-state index contributed by atoms with van der Waals surface area (Å²) in [6.45, 7) is 8.63. The molecule has 1 fully saturated rings. The standard InChI is InChI=1S/C24H29N3O3/c1-15(28)25-18-6-7-19-20-13-17(5-8-21(20)26-22(19)14-18)16-9-11-27(12-10-16)23(29)30-24(2,3)4/h5-8,13-14,16,26H,9-12H2,1-4H3,(H,25,28). The van der Waals surface area contributed by atoms with Crippen LogP contribution in [-0.4, -0.2) is 40.6 Å². The predicted octanol–water partition coefficient (Wildman–Crippen LogP) is 5.39. The third-order valence-corrected chi connectivity index (χ3v) is 5.56. The molecule has 1 aromatic heterocycles. The van der Waals surface area contributed by atoms with E-state index in [1.165, 1.54) is 17.9 Å². The number of amides is 2. The molecule has 2 aromatic carbocycles. The summed E-state index contributed by atoms with van der Waals surface area (Å²) in [7, 11) is 0. The highest BCUT2D eigenvalue weighted by molar-refractivity contribution is 6.08. The van der Waals surface area contributed by atoms with Crippen LogP contribution >= 0.6 is 0 Å². The molecule has 4 rings (SSSR count). The number of hydrogen-bond donors (Lipinski definition) is 2. The van der Waals surface area contributed by atoms with Gasteiger partial charge in [0.1, 0.15) is 5.60 Å². The van der Waals surface area contributed by atoms with Crippen LogP contribution in [0.2, 0.25) is 0 Å². The number of hydrogen-bond acceptors (Lipinski definition) is 3. The van der Waals surface area contributed by atoms with E-state index in [2.05, 4.69) is 28.5 Å². The maximum absolute atomic E-state index is 12.3. The average molecular weight is 408 g/mol. The summed E-state index contributed by atoms with van der Waals surface area (Å²) in [5.41, 5.74) is 3.72. The highest BCUT2D eigenvalue weighted by atomic mass is 16.6. The third kappa shape index (κ3) is 4.27. The first-order valence-corrected chi connectivity index (χ1v) is 10.5. The molecule has 2 amide bonds. The van der Waals surface area contributed by atoms with Gasteiger partial charge in [-0.15, -0.1) is 0 Å². The highest BCUT2D eigenvalue weighted by Gasteiger charge is 2.27. The maximum atomic E-state index is 12.3. The maximum Gasteiger partial charge on any atom is 0.410 e. The first-order valence-electron chi connectivity index (χ1n) is 10.5. The number of likely N-dealkylation sites (tertiary alicyclic amines) is 1. The zero-order valence-electron chi connectivity index (χ0n) is 18.0. The predicted molar refractivity (Wildman–Crippen MR) is 120 cm³/mol. The molecule has 1 aliphatic rings. The largest absolute Gasteiger partial charge is 0.444 e. The number of carbonyl (C=O) groups excluding carboxylic acids is 2. The molecule has 30 heavy (non-hydrogen) atoms. The topological polar surface area (TPSA) is 74.4 Å². The smallest absolute Gasteiger partial charge is 0.410 e. The highest BCUT2D eigenvalue weighted by Crippen LogP contribution is 2.34. The second-order valence-corrected chi connectivity index (χ2v) is 9.11.